The number of hydrogen-bond acceptors (Lipinski definition) is 2. The molecule has 3 nitrogen and oxygen atoms in total. The molecule has 1 unspecified atom stereocenters. The molecule has 1 atom stereocenters. The predicted molar refractivity (Wildman–Crippen MR) is 75.9 cm³/mol. The number of halogens is 1. The quantitative estimate of drug-likeness (QED) is 0.832. The first-order valence-corrected chi connectivity index (χ1v) is 6.63. The number of carbonyl (C=O) groups is 1. The van der Waals surface area contributed by atoms with Crippen LogP contribution in [0.2, 0.25) is 5.02 Å². The van der Waals surface area contributed by atoms with Gasteiger partial charge in [-0.1, -0.05) is 43.6 Å². The standard InChI is InChI=1S/C14H21ClN2O/c1-10(2)16-9-14(18)17-11(3)8-12-6-4-5-7-13(12)15/h4-7,10-11,16H,8-9H2,1-3H3,(H,17,18). The van der Waals surface area contributed by atoms with E-state index in [1.807, 2.05) is 45.0 Å². The van der Waals surface area contributed by atoms with Gasteiger partial charge in [0.1, 0.15) is 0 Å². The molecule has 0 heterocycles. The van der Waals surface area contributed by atoms with Crippen molar-refractivity contribution in [2.45, 2.75) is 39.3 Å². The third-order valence-electron chi connectivity index (χ3n) is 2.56. The second-order valence-corrected chi connectivity index (χ2v) is 5.21. The Hall–Kier alpha value is -1.06. The lowest BCUT2D eigenvalue weighted by Crippen LogP contribution is -2.41. The van der Waals surface area contributed by atoms with E-state index in [9.17, 15) is 4.79 Å². The number of hydrogen-bond donors (Lipinski definition) is 2. The summed E-state index contributed by atoms with van der Waals surface area (Å²) >= 11 is 6.08. The van der Waals surface area contributed by atoms with E-state index in [0.717, 1.165) is 17.0 Å². The largest absolute Gasteiger partial charge is 0.352 e. The van der Waals surface area contributed by atoms with Crippen LogP contribution in [0.1, 0.15) is 26.3 Å². The van der Waals surface area contributed by atoms with Crippen LogP contribution in [0, 0.1) is 0 Å². The molecule has 0 bridgehead atoms. The van der Waals surface area contributed by atoms with Gasteiger partial charge in [0.2, 0.25) is 5.91 Å². The third-order valence-corrected chi connectivity index (χ3v) is 2.93. The van der Waals surface area contributed by atoms with Crippen LogP contribution >= 0.6 is 11.6 Å². The summed E-state index contributed by atoms with van der Waals surface area (Å²) in [4.78, 5) is 11.6. The van der Waals surface area contributed by atoms with Crippen molar-refractivity contribution < 1.29 is 4.79 Å². The van der Waals surface area contributed by atoms with Crippen LogP contribution in [0.4, 0.5) is 0 Å². The van der Waals surface area contributed by atoms with E-state index in [-0.39, 0.29) is 11.9 Å². The zero-order valence-electron chi connectivity index (χ0n) is 11.2. The molecule has 1 amide bonds. The van der Waals surface area contributed by atoms with Gasteiger partial charge in [0.25, 0.3) is 0 Å². The first-order chi connectivity index (χ1) is 8.49. The molecule has 0 saturated carbocycles. The molecule has 0 spiro atoms. The number of rotatable bonds is 6. The molecule has 1 aromatic rings. The molecule has 1 aromatic carbocycles. The molecule has 0 aliphatic rings. The Balaban J connectivity index is 2.40. The van der Waals surface area contributed by atoms with E-state index in [1.165, 1.54) is 0 Å². The fourth-order valence-corrected chi connectivity index (χ4v) is 1.88. The summed E-state index contributed by atoms with van der Waals surface area (Å²) in [5.41, 5.74) is 1.06. The molecule has 0 radical (unpaired) electrons. The fraction of sp³-hybridized carbons (Fsp3) is 0.500. The maximum Gasteiger partial charge on any atom is 0.234 e. The molecule has 2 N–H and O–H groups in total. The van der Waals surface area contributed by atoms with Crippen LogP contribution in [0.25, 0.3) is 0 Å². The Morgan fingerprint density at radius 1 is 1.28 bits per heavy atom. The van der Waals surface area contributed by atoms with Crippen molar-refractivity contribution >= 4 is 17.5 Å². The SMILES string of the molecule is CC(C)NCC(=O)NC(C)Cc1ccccc1Cl. The van der Waals surface area contributed by atoms with Crippen molar-refractivity contribution in [2.75, 3.05) is 6.54 Å². The van der Waals surface area contributed by atoms with E-state index in [0.29, 0.717) is 12.6 Å². The van der Waals surface area contributed by atoms with E-state index in [2.05, 4.69) is 10.6 Å². The molecule has 18 heavy (non-hydrogen) atoms. The second-order valence-electron chi connectivity index (χ2n) is 4.80. The maximum atomic E-state index is 11.6. The smallest absolute Gasteiger partial charge is 0.234 e. The van der Waals surface area contributed by atoms with Crippen LogP contribution < -0.4 is 10.6 Å². The number of nitrogens with one attached hydrogen (secondary N) is 2. The zero-order chi connectivity index (χ0) is 13.5. The van der Waals surface area contributed by atoms with E-state index < -0.39 is 0 Å². The second kappa shape index (κ2) is 7.39. The molecule has 0 fully saturated rings. The monoisotopic (exact) mass is 268 g/mol. The van der Waals surface area contributed by atoms with Crippen LogP contribution in [-0.2, 0) is 11.2 Å². The summed E-state index contributed by atoms with van der Waals surface area (Å²) in [6.07, 6.45) is 0.743. The Bertz CT molecular complexity index is 393. The highest BCUT2D eigenvalue weighted by atomic mass is 35.5. The highest BCUT2D eigenvalue weighted by Gasteiger charge is 2.09. The molecule has 100 valence electrons. The van der Waals surface area contributed by atoms with Gasteiger partial charge in [0.05, 0.1) is 6.54 Å². The van der Waals surface area contributed by atoms with Crippen molar-refractivity contribution in [2.24, 2.45) is 0 Å². The minimum Gasteiger partial charge on any atom is -0.352 e. The maximum absolute atomic E-state index is 11.6. The van der Waals surface area contributed by atoms with Gasteiger partial charge in [-0.05, 0) is 25.0 Å². The molecule has 0 aromatic heterocycles. The van der Waals surface area contributed by atoms with Gasteiger partial charge < -0.3 is 10.6 Å². The van der Waals surface area contributed by atoms with Crippen molar-refractivity contribution in [3.05, 3.63) is 34.9 Å². The number of benzene rings is 1. The normalized spacial score (nSPS) is 12.5. The van der Waals surface area contributed by atoms with Gasteiger partial charge in [-0.2, -0.15) is 0 Å². The summed E-state index contributed by atoms with van der Waals surface area (Å²) in [7, 11) is 0. The molecule has 0 saturated heterocycles. The van der Waals surface area contributed by atoms with Crippen LogP contribution in [0.15, 0.2) is 24.3 Å². The molecule has 0 aliphatic carbocycles. The van der Waals surface area contributed by atoms with Gasteiger partial charge in [0, 0.05) is 17.1 Å². The summed E-state index contributed by atoms with van der Waals surface area (Å²) < 4.78 is 0. The average molecular weight is 269 g/mol. The number of carbonyl (C=O) groups excluding carboxylic acids is 1. The summed E-state index contributed by atoms with van der Waals surface area (Å²) in [5.74, 6) is 0.0169. The molecule has 1 rings (SSSR count). The van der Waals surface area contributed by atoms with Gasteiger partial charge in [-0.15, -0.1) is 0 Å². The summed E-state index contributed by atoms with van der Waals surface area (Å²) in [6.45, 7) is 6.36. The van der Waals surface area contributed by atoms with Gasteiger partial charge in [-0.3, -0.25) is 4.79 Å². The lowest BCUT2D eigenvalue weighted by molar-refractivity contribution is -0.120. The third kappa shape index (κ3) is 5.52. The zero-order valence-corrected chi connectivity index (χ0v) is 11.9. The minimum atomic E-state index is 0.0169. The van der Waals surface area contributed by atoms with Crippen molar-refractivity contribution in [1.82, 2.24) is 10.6 Å². The Morgan fingerprint density at radius 3 is 2.56 bits per heavy atom. The highest BCUT2D eigenvalue weighted by Crippen LogP contribution is 2.16. The Kier molecular flexibility index (Phi) is 6.16. The molecule has 4 heteroatoms. The predicted octanol–water partition coefficient (Wildman–Crippen LogP) is 2.39. The fourth-order valence-electron chi connectivity index (χ4n) is 1.67. The van der Waals surface area contributed by atoms with Crippen molar-refractivity contribution in [3.8, 4) is 0 Å². The van der Waals surface area contributed by atoms with Gasteiger partial charge >= 0.3 is 0 Å². The average Bonchev–Trinajstić information content (AvgIpc) is 2.29. The lowest BCUT2D eigenvalue weighted by Gasteiger charge is -2.16. The first-order valence-electron chi connectivity index (χ1n) is 6.25. The molecular weight excluding hydrogens is 248 g/mol. The van der Waals surface area contributed by atoms with Crippen molar-refractivity contribution in [3.63, 3.8) is 0 Å². The van der Waals surface area contributed by atoms with Crippen LogP contribution in [-0.4, -0.2) is 24.5 Å². The van der Waals surface area contributed by atoms with Crippen LogP contribution in [0.3, 0.4) is 0 Å². The number of amides is 1. The van der Waals surface area contributed by atoms with Gasteiger partial charge in [-0.25, -0.2) is 0 Å². The minimum absolute atomic E-state index is 0.0169. The summed E-state index contributed by atoms with van der Waals surface area (Å²) in [5, 5.41) is 6.79. The van der Waals surface area contributed by atoms with Crippen molar-refractivity contribution in [1.29, 1.82) is 0 Å². The Morgan fingerprint density at radius 2 is 1.94 bits per heavy atom. The molecular formula is C14H21ClN2O. The first kappa shape index (κ1) is 15.0. The van der Waals surface area contributed by atoms with E-state index in [1.54, 1.807) is 0 Å². The molecule has 0 aliphatic heterocycles. The van der Waals surface area contributed by atoms with Gasteiger partial charge in [0.15, 0.2) is 0 Å². The lowest BCUT2D eigenvalue weighted by atomic mass is 10.1. The topological polar surface area (TPSA) is 41.1 Å². The summed E-state index contributed by atoms with van der Waals surface area (Å²) in [6, 6.07) is 8.10. The highest BCUT2D eigenvalue weighted by molar-refractivity contribution is 6.31. The van der Waals surface area contributed by atoms with Crippen LogP contribution in [0.5, 0.6) is 0 Å². The van der Waals surface area contributed by atoms with E-state index in [4.69, 9.17) is 11.6 Å². The Labute approximate surface area is 114 Å². The van der Waals surface area contributed by atoms with E-state index >= 15 is 0 Å².